The minimum absolute atomic E-state index is 0.0621. The quantitative estimate of drug-likeness (QED) is 0.175. The first-order chi connectivity index (χ1) is 34.1. The maximum absolute atomic E-state index is 4.09. The van der Waals surface area contributed by atoms with Crippen LogP contribution in [-0.2, 0) is 32.5 Å². The van der Waals surface area contributed by atoms with Crippen LogP contribution in [0, 0.1) is 0 Å². The molecule has 1 aliphatic heterocycles. The number of fused-ring (bicyclic) bond motifs is 16. The van der Waals surface area contributed by atoms with Crippen LogP contribution in [-0.4, -0.2) is 11.8 Å². The van der Waals surface area contributed by atoms with Crippen molar-refractivity contribution in [1.29, 1.82) is 0 Å². The lowest BCUT2D eigenvalue weighted by molar-refractivity contribution is 0.331. The van der Waals surface area contributed by atoms with Crippen molar-refractivity contribution in [2.24, 2.45) is 0 Å². The Balaban J connectivity index is 1.06. The first kappa shape index (κ1) is 44.2. The molecule has 355 valence electrons. The van der Waals surface area contributed by atoms with Gasteiger partial charge in [0, 0.05) is 55.2 Å². The predicted molar refractivity (Wildman–Crippen MR) is 308 cm³/mol. The van der Waals surface area contributed by atoms with Gasteiger partial charge in [0.1, 0.15) is 0 Å². The molecule has 8 aromatic carbocycles. The fraction of sp³-hybridized carbons (Fsp3) is 0.304. The summed E-state index contributed by atoms with van der Waals surface area (Å²) in [5.74, 6) is 0. The van der Waals surface area contributed by atoms with E-state index >= 15 is 0 Å². The van der Waals surface area contributed by atoms with Crippen LogP contribution in [0.25, 0.3) is 72.0 Å². The Morgan fingerprint density at radius 2 is 1.04 bits per heavy atom. The Morgan fingerprint density at radius 3 is 1.75 bits per heavy atom. The van der Waals surface area contributed by atoms with Crippen LogP contribution in [0.2, 0.25) is 0 Å². The van der Waals surface area contributed by atoms with Crippen LogP contribution in [0.5, 0.6) is 0 Å². The van der Waals surface area contributed by atoms with Gasteiger partial charge in [-0.1, -0.05) is 186 Å². The van der Waals surface area contributed by atoms with Gasteiger partial charge in [0.25, 0.3) is 0 Å². The van der Waals surface area contributed by atoms with Gasteiger partial charge in [0.2, 0.25) is 0 Å². The molecule has 0 unspecified atom stereocenters. The molecule has 0 spiro atoms. The standard InChI is InChI=1S/C69H66BN2/c1-64(2,3)38-22-24-39(25-23-38)71-57-35-46-44-32-54-55(66(6,7)31-30-65(54,4)5)36-52(44)69(12,13)51(46)33-47(57)41-26-27-43-61-58(29-28-50-60(61)42-19-15-17-21-49(42)67(50,8)9)72-59-37-53-45(34-56(59)70-62(41)63(43)72)40-18-14-16-20-48(40)68(53,10)11/h14-29,32-37,71H,30-31H2,1-13H3. The van der Waals surface area contributed by atoms with Crippen molar-refractivity contribution in [3.05, 3.63) is 184 Å². The third-order valence-electron chi connectivity index (χ3n) is 19.1. The van der Waals surface area contributed by atoms with E-state index in [2.05, 4.69) is 241 Å². The Kier molecular flexibility index (Phi) is 8.54. The minimum atomic E-state index is -0.201. The summed E-state index contributed by atoms with van der Waals surface area (Å²) in [5, 5.41) is 6.77. The molecule has 14 rings (SSSR count). The molecule has 1 aromatic heterocycles. The summed E-state index contributed by atoms with van der Waals surface area (Å²) in [7, 11) is 2.55. The van der Waals surface area contributed by atoms with Gasteiger partial charge >= 0.3 is 0 Å². The van der Waals surface area contributed by atoms with Crippen molar-refractivity contribution in [2.75, 3.05) is 5.32 Å². The average Bonchev–Trinajstić information content (AvgIpc) is 3.96. The smallest absolute Gasteiger partial charge is 0.197 e. The average molecular weight is 934 g/mol. The number of aromatic nitrogens is 1. The van der Waals surface area contributed by atoms with Crippen molar-refractivity contribution in [3.8, 4) is 50.2 Å². The molecule has 0 bridgehead atoms. The van der Waals surface area contributed by atoms with Crippen LogP contribution in [0.4, 0.5) is 11.4 Å². The number of anilines is 2. The van der Waals surface area contributed by atoms with E-state index in [4.69, 9.17) is 0 Å². The summed E-state index contributed by atoms with van der Waals surface area (Å²) in [6, 6.07) is 52.6. The molecule has 0 atom stereocenters. The van der Waals surface area contributed by atoms with E-state index in [0.717, 1.165) is 11.4 Å². The molecule has 2 heterocycles. The molecular weight excluding hydrogens is 868 g/mol. The summed E-state index contributed by atoms with van der Waals surface area (Å²) in [4.78, 5) is 0. The van der Waals surface area contributed by atoms with E-state index < -0.39 is 0 Å². The molecule has 5 aliphatic rings. The second-order valence-electron chi connectivity index (χ2n) is 26.3. The Hall–Kier alpha value is -6.58. The highest BCUT2D eigenvalue weighted by Gasteiger charge is 2.45. The molecule has 9 aromatic rings. The highest BCUT2D eigenvalue weighted by Crippen LogP contribution is 2.58. The maximum atomic E-state index is 4.09. The van der Waals surface area contributed by atoms with Gasteiger partial charge in [0.05, 0.1) is 5.52 Å². The van der Waals surface area contributed by atoms with E-state index in [-0.39, 0.29) is 32.5 Å². The zero-order valence-electron chi connectivity index (χ0n) is 44.6. The van der Waals surface area contributed by atoms with Gasteiger partial charge < -0.3 is 9.88 Å². The lowest BCUT2D eigenvalue weighted by Gasteiger charge is -2.42. The normalized spacial score (nSPS) is 18.1. The van der Waals surface area contributed by atoms with E-state index in [1.54, 1.807) is 0 Å². The number of nitrogens with zero attached hydrogens (tertiary/aromatic N) is 1. The molecule has 0 saturated heterocycles. The van der Waals surface area contributed by atoms with E-state index in [1.807, 2.05) is 0 Å². The second-order valence-corrected chi connectivity index (χ2v) is 26.3. The summed E-state index contributed by atoms with van der Waals surface area (Å²) in [6.45, 7) is 31.3. The number of rotatable bonds is 3. The van der Waals surface area contributed by atoms with Crippen LogP contribution < -0.4 is 16.2 Å². The van der Waals surface area contributed by atoms with E-state index in [0.29, 0.717) is 0 Å². The van der Waals surface area contributed by atoms with Gasteiger partial charge in [-0.25, -0.2) is 0 Å². The van der Waals surface area contributed by atoms with Gasteiger partial charge in [-0.15, -0.1) is 0 Å². The molecule has 4 aliphatic carbocycles. The maximum Gasteiger partial charge on any atom is 0.197 e. The first-order valence-corrected chi connectivity index (χ1v) is 26.7. The zero-order chi connectivity index (χ0) is 50.0. The third-order valence-corrected chi connectivity index (χ3v) is 19.1. The third kappa shape index (κ3) is 5.69. The van der Waals surface area contributed by atoms with E-state index in [9.17, 15) is 0 Å². The van der Waals surface area contributed by atoms with Crippen molar-refractivity contribution in [3.63, 3.8) is 0 Å². The van der Waals surface area contributed by atoms with Gasteiger partial charge in [-0.3, -0.25) is 0 Å². The minimum Gasteiger partial charge on any atom is -0.355 e. The highest BCUT2D eigenvalue weighted by atomic mass is 15.0. The molecule has 3 heteroatoms. The molecule has 0 amide bonds. The van der Waals surface area contributed by atoms with Crippen molar-refractivity contribution < 1.29 is 0 Å². The fourth-order valence-corrected chi connectivity index (χ4v) is 14.6. The van der Waals surface area contributed by atoms with Gasteiger partial charge in [0.15, 0.2) is 7.28 Å². The number of nitrogens with one attached hydrogen (secondary N) is 1. The van der Waals surface area contributed by atoms with E-state index in [1.165, 1.54) is 146 Å². The molecule has 1 N–H and O–H groups in total. The molecular formula is C69H66BN2. The lowest BCUT2D eigenvalue weighted by Crippen LogP contribution is -2.37. The topological polar surface area (TPSA) is 17.0 Å². The molecule has 2 nitrogen and oxygen atoms in total. The Morgan fingerprint density at radius 1 is 0.472 bits per heavy atom. The lowest BCUT2D eigenvalue weighted by atomic mass is 9.58. The summed E-state index contributed by atoms with van der Waals surface area (Å²) < 4.78 is 2.66. The Bertz CT molecular complexity index is 3910. The highest BCUT2D eigenvalue weighted by molar-refractivity contribution is 6.73. The molecule has 0 fully saturated rings. The molecule has 0 saturated carbocycles. The first-order valence-electron chi connectivity index (χ1n) is 26.7. The number of hydrogen-bond donors (Lipinski definition) is 1. The monoisotopic (exact) mass is 934 g/mol. The predicted octanol–water partition coefficient (Wildman–Crippen LogP) is 16.7. The number of benzene rings is 8. The summed E-state index contributed by atoms with van der Waals surface area (Å²) in [5.41, 5.74) is 32.0. The SMILES string of the molecule is CC(C)(C)c1ccc(Nc2cc3c(cc2-c2ccc4c5c6c(ccc5n5c4c2[B]c2cc4c(cc2-5)C(C)(C)c2ccccc2-4)C(C)(C)c2ccccc2-6)C(C)(C)c2cc4c(cc2-3)C(C)(C)CCC4(C)C)cc1. The van der Waals surface area contributed by atoms with Crippen LogP contribution in [0.15, 0.2) is 133 Å². The van der Waals surface area contributed by atoms with Crippen molar-refractivity contribution in [2.45, 2.75) is 135 Å². The van der Waals surface area contributed by atoms with Gasteiger partial charge in [-0.2, -0.15) is 0 Å². The molecule has 72 heavy (non-hydrogen) atoms. The zero-order valence-corrected chi connectivity index (χ0v) is 44.6. The second kappa shape index (κ2) is 13.9. The number of hydrogen-bond acceptors (Lipinski definition) is 1. The molecule has 1 radical (unpaired) electrons. The summed E-state index contributed by atoms with van der Waals surface area (Å²) >= 11 is 0. The van der Waals surface area contributed by atoms with Gasteiger partial charge in [-0.05, 0) is 166 Å². The fourth-order valence-electron chi connectivity index (χ4n) is 14.6. The largest absolute Gasteiger partial charge is 0.355 e. The summed E-state index contributed by atoms with van der Waals surface area (Å²) in [6.07, 6.45) is 2.40. The van der Waals surface area contributed by atoms with Crippen molar-refractivity contribution in [1.82, 2.24) is 4.57 Å². The van der Waals surface area contributed by atoms with Crippen LogP contribution in [0.3, 0.4) is 0 Å². The van der Waals surface area contributed by atoms with Crippen LogP contribution >= 0.6 is 0 Å². The van der Waals surface area contributed by atoms with Crippen LogP contribution in [0.1, 0.15) is 153 Å². The Labute approximate surface area is 428 Å². The van der Waals surface area contributed by atoms with Crippen molar-refractivity contribution >= 4 is 51.4 Å².